The van der Waals surface area contributed by atoms with Crippen molar-refractivity contribution in [2.45, 2.75) is 46.5 Å². The Hall–Kier alpha value is -1.63. The number of aliphatic carboxylic acids is 1. The Balaban J connectivity index is 1.97. The van der Waals surface area contributed by atoms with Crippen LogP contribution in [0.5, 0.6) is 0 Å². The highest BCUT2D eigenvalue weighted by Crippen LogP contribution is 2.40. The van der Waals surface area contributed by atoms with Gasteiger partial charge in [0.2, 0.25) is 0 Å². The van der Waals surface area contributed by atoms with E-state index in [0.717, 1.165) is 25.0 Å². The molecular formula is C16H25N3O3S. The van der Waals surface area contributed by atoms with Crippen LogP contribution in [-0.2, 0) is 17.6 Å². The summed E-state index contributed by atoms with van der Waals surface area (Å²) >= 11 is 1.54. The molecule has 2 rings (SSSR count). The zero-order chi connectivity index (χ0) is 17.2. The molecule has 1 aromatic rings. The minimum absolute atomic E-state index is 0.0639. The molecule has 2 amide bonds. The lowest BCUT2D eigenvalue weighted by Crippen LogP contribution is -2.33. The lowest BCUT2D eigenvalue weighted by molar-refractivity contribution is -0.137. The van der Waals surface area contributed by atoms with Gasteiger partial charge in [0, 0.05) is 18.5 Å². The SMILES string of the molecule is CN(CCC(=O)O)C(=O)Nc1nc2c(s1)CC(C(C)(C)C)CC2. The van der Waals surface area contributed by atoms with Gasteiger partial charge in [0.05, 0.1) is 12.1 Å². The number of urea groups is 1. The Kier molecular flexibility index (Phi) is 5.29. The molecule has 6 nitrogen and oxygen atoms in total. The molecule has 0 bridgehead atoms. The summed E-state index contributed by atoms with van der Waals surface area (Å²) in [6.45, 7) is 6.98. The zero-order valence-electron chi connectivity index (χ0n) is 14.2. The lowest BCUT2D eigenvalue weighted by Gasteiger charge is -2.33. The third-order valence-electron chi connectivity index (χ3n) is 4.39. The molecule has 0 saturated carbocycles. The van der Waals surface area contributed by atoms with Crippen LogP contribution in [0.1, 0.15) is 44.2 Å². The largest absolute Gasteiger partial charge is 0.481 e. The van der Waals surface area contributed by atoms with Gasteiger partial charge in [-0.05, 0) is 30.6 Å². The van der Waals surface area contributed by atoms with Crippen LogP contribution in [0.15, 0.2) is 0 Å². The second-order valence-electron chi connectivity index (χ2n) is 7.19. The molecular weight excluding hydrogens is 314 g/mol. The van der Waals surface area contributed by atoms with E-state index >= 15 is 0 Å². The van der Waals surface area contributed by atoms with Crippen molar-refractivity contribution in [2.24, 2.45) is 11.3 Å². The standard InChI is InChI=1S/C16H25N3O3S/c1-16(2,3)10-5-6-11-12(9-10)23-14(17-11)18-15(22)19(4)8-7-13(20)21/h10H,5-9H2,1-4H3,(H,20,21)(H,17,18,22). The summed E-state index contributed by atoms with van der Waals surface area (Å²) < 4.78 is 0. The van der Waals surface area contributed by atoms with E-state index < -0.39 is 5.97 Å². The Morgan fingerprint density at radius 1 is 1.43 bits per heavy atom. The van der Waals surface area contributed by atoms with Crippen molar-refractivity contribution in [3.8, 4) is 0 Å². The molecule has 1 aliphatic rings. The van der Waals surface area contributed by atoms with Gasteiger partial charge >= 0.3 is 12.0 Å². The zero-order valence-corrected chi connectivity index (χ0v) is 15.0. The van der Waals surface area contributed by atoms with Crippen LogP contribution in [-0.4, -0.2) is 40.6 Å². The minimum Gasteiger partial charge on any atom is -0.481 e. The number of carboxylic acids is 1. The number of carbonyl (C=O) groups is 2. The van der Waals surface area contributed by atoms with Crippen LogP contribution in [0.25, 0.3) is 0 Å². The lowest BCUT2D eigenvalue weighted by atomic mass is 9.73. The summed E-state index contributed by atoms with van der Waals surface area (Å²) in [5, 5.41) is 12.1. The van der Waals surface area contributed by atoms with E-state index in [2.05, 4.69) is 31.1 Å². The second-order valence-corrected chi connectivity index (χ2v) is 8.27. The molecule has 0 radical (unpaired) electrons. The normalized spacial score (nSPS) is 17.5. The molecule has 7 heteroatoms. The van der Waals surface area contributed by atoms with Crippen molar-refractivity contribution in [3.05, 3.63) is 10.6 Å². The number of rotatable bonds is 4. The Morgan fingerprint density at radius 3 is 2.74 bits per heavy atom. The Morgan fingerprint density at radius 2 is 2.13 bits per heavy atom. The highest BCUT2D eigenvalue weighted by Gasteiger charge is 2.30. The number of nitrogens with zero attached hydrogens (tertiary/aromatic N) is 2. The fourth-order valence-corrected chi connectivity index (χ4v) is 3.80. The first-order valence-electron chi connectivity index (χ1n) is 7.89. The van der Waals surface area contributed by atoms with E-state index in [1.807, 2.05) is 0 Å². The second kappa shape index (κ2) is 6.86. The molecule has 1 heterocycles. The van der Waals surface area contributed by atoms with Gasteiger partial charge in [-0.1, -0.05) is 20.8 Å². The average Bonchev–Trinajstić information content (AvgIpc) is 2.84. The van der Waals surface area contributed by atoms with Crippen molar-refractivity contribution in [2.75, 3.05) is 18.9 Å². The van der Waals surface area contributed by atoms with Crippen LogP contribution >= 0.6 is 11.3 Å². The van der Waals surface area contributed by atoms with Crippen molar-refractivity contribution >= 4 is 28.5 Å². The first kappa shape index (κ1) is 17.7. The topological polar surface area (TPSA) is 82.5 Å². The van der Waals surface area contributed by atoms with E-state index in [4.69, 9.17) is 5.11 Å². The number of anilines is 1. The van der Waals surface area contributed by atoms with E-state index in [-0.39, 0.29) is 24.4 Å². The minimum atomic E-state index is -0.914. The summed E-state index contributed by atoms with van der Waals surface area (Å²) in [6, 6.07) is -0.315. The van der Waals surface area contributed by atoms with E-state index in [0.29, 0.717) is 11.0 Å². The fourth-order valence-electron chi connectivity index (χ4n) is 2.72. The number of amides is 2. The van der Waals surface area contributed by atoms with Crippen molar-refractivity contribution < 1.29 is 14.7 Å². The smallest absolute Gasteiger partial charge is 0.323 e. The summed E-state index contributed by atoms with van der Waals surface area (Å²) in [5.41, 5.74) is 1.38. The van der Waals surface area contributed by atoms with Crippen molar-refractivity contribution in [3.63, 3.8) is 0 Å². The van der Waals surface area contributed by atoms with Gasteiger partial charge in [0.1, 0.15) is 0 Å². The fraction of sp³-hybridized carbons (Fsp3) is 0.688. The van der Waals surface area contributed by atoms with Gasteiger partial charge in [-0.3, -0.25) is 10.1 Å². The molecule has 1 aliphatic carbocycles. The van der Waals surface area contributed by atoms with Crippen molar-refractivity contribution in [1.29, 1.82) is 0 Å². The van der Waals surface area contributed by atoms with Gasteiger partial charge in [0.15, 0.2) is 5.13 Å². The number of hydrogen-bond donors (Lipinski definition) is 2. The van der Waals surface area contributed by atoms with Crippen molar-refractivity contribution in [1.82, 2.24) is 9.88 Å². The number of nitrogens with one attached hydrogen (secondary N) is 1. The first-order valence-corrected chi connectivity index (χ1v) is 8.71. The molecule has 0 saturated heterocycles. The van der Waals surface area contributed by atoms with Crippen LogP contribution in [0.3, 0.4) is 0 Å². The van der Waals surface area contributed by atoms with Crippen LogP contribution in [0, 0.1) is 11.3 Å². The Bertz CT molecular complexity index is 592. The maximum atomic E-state index is 12.0. The summed E-state index contributed by atoms with van der Waals surface area (Å²) in [4.78, 5) is 29.8. The molecule has 1 unspecified atom stereocenters. The molecule has 0 fully saturated rings. The highest BCUT2D eigenvalue weighted by atomic mass is 32.1. The summed E-state index contributed by atoms with van der Waals surface area (Å²) in [5.74, 6) is -0.278. The monoisotopic (exact) mass is 339 g/mol. The number of carboxylic acid groups (broad SMARTS) is 1. The van der Waals surface area contributed by atoms with Gasteiger partial charge < -0.3 is 10.0 Å². The van der Waals surface area contributed by atoms with Gasteiger partial charge in [0.25, 0.3) is 0 Å². The molecule has 2 N–H and O–H groups in total. The predicted octanol–water partition coefficient (Wildman–Crippen LogP) is 3.23. The highest BCUT2D eigenvalue weighted by molar-refractivity contribution is 7.15. The third kappa shape index (κ3) is 4.67. The van der Waals surface area contributed by atoms with Gasteiger partial charge in [-0.25, -0.2) is 9.78 Å². The van der Waals surface area contributed by atoms with E-state index in [9.17, 15) is 9.59 Å². The van der Waals surface area contributed by atoms with Crippen LogP contribution < -0.4 is 5.32 Å². The number of fused-ring (bicyclic) bond motifs is 1. The quantitative estimate of drug-likeness (QED) is 0.882. The van der Waals surface area contributed by atoms with E-state index in [1.165, 1.54) is 21.1 Å². The molecule has 128 valence electrons. The number of thiazole rings is 1. The van der Waals surface area contributed by atoms with Gasteiger partial charge in [-0.2, -0.15) is 0 Å². The number of aryl methyl sites for hydroxylation is 1. The molecule has 1 atom stereocenters. The summed E-state index contributed by atoms with van der Waals surface area (Å²) in [7, 11) is 1.58. The molecule has 0 aromatic carbocycles. The third-order valence-corrected chi connectivity index (χ3v) is 5.42. The molecule has 1 aromatic heterocycles. The molecule has 0 aliphatic heterocycles. The summed E-state index contributed by atoms with van der Waals surface area (Å²) in [6.07, 6.45) is 3.04. The van der Waals surface area contributed by atoms with Crippen LogP contribution in [0.4, 0.5) is 9.93 Å². The number of aromatic nitrogens is 1. The Labute approximate surface area is 140 Å². The average molecular weight is 339 g/mol. The first-order chi connectivity index (χ1) is 10.7. The number of carbonyl (C=O) groups excluding carboxylic acids is 1. The van der Waals surface area contributed by atoms with Gasteiger partial charge in [-0.15, -0.1) is 11.3 Å². The number of hydrogen-bond acceptors (Lipinski definition) is 4. The maximum absolute atomic E-state index is 12.0. The van der Waals surface area contributed by atoms with E-state index in [1.54, 1.807) is 7.05 Å². The molecule has 23 heavy (non-hydrogen) atoms. The predicted molar refractivity (Wildman–Crippen MR) is 91.0 cm³/mol. The van der Waals surface area contributed by atoms with Crippen LogP contribution in [0.2, 0.25) is 0 Å². The molecule has 0 spiro atoms. The maximum Gasteiger partial charge on any atom is 0.323 e.